The predicted octanol–water partition coefficient (Wildman–Crippen LogP) is 3.22. The summed E-state index contributed by atoms with van der Waals surface area (Å²) < 4.78 is 0. The number of amides is 1. The quantitative estimate of drug-likeness (QED) is 0.686. The van der Waals surface area contributed by atoms with Crippen molar-refractivity contribution in [2.45, 2.75) is 11.8 Å². The summed E-state index contributed by atoms with van der Waals surface area (Å²) in [6.45, 7) is 1.84. The lowest BCUT2D eigenvalue weighted by atomic mass is 10.2. The lowest BCUT2D eigenvalue weighted by molar-refractivity contribution is 0.102. The van der Waals surface area contributed by atoms with Crippen molar-refractivity contribution in [3.05, 3.63) is 53.9 Å². The summed E-state index contributed by atoms with van der Waals surface area (Å²) in [7, 11) is 0. The number of nitrogens with zero attached hydrogens (tertiary/aromatic N) is 2. The number of thiocyanates is 1. The summed E-state index contributed by atoms with van der Waals surface area (Å²) >= 11 is 1.09. The van der Waals surface area contributed by atoms with E-state index in [0.717, 1.165) is 22.4 Å². The van der Waals surface area contributed by atoms with Gasteiger partial charge in [0.25, 0.3) is 5.91 Å². The highest BCUT2D eigenvalue weighted by atomic mass is 32.2. The van der Waals surface area contributed by atoms with Crippen LogP contribution in [-0.4, -0.2) is 10.9 Å². The van der Waals surface area contributed by atoms with Crippen molar-refractivity contribution < 1.29 is 4.79 Å². The molecular weight excluding hydrogens is 258 g/mol. The third-order valence-corrected chi connectivity index (χ3v) is 3.03. The van der Waals surface area contributed by atoms with Crippen LogP contribution in [0.4, 0.5) is 5.69 Å². The molecule has 0 aliphatic rings. The summed E-state index contributed by atoms with van der Waals surface area (Å²) in [6.07, 6.45) is 1.61. The Morgan fingerprint density at radius 2 is 2.05 bits per heavy atom. The smallest absolute Gasteiger partial charge is 0.255 e. The van der Waals surface area contributed by atoms with Crippen molar-refractivity contribution in [3.8, 4) is 5.40 Å². The standard InChI is InChI=1S/C14H11N3OS/c1-10-8-11(6-7-16-10)14(18)17-12-2-4-13(5-3-12)19-9-15/h2-8H,1H3,(H,17,18). The summed E-state index contributed by atoms with van der Waals surface area (Å²) in [5, 5.41) is 13.3. The number of nitrogens with one attached hydrogen (secondary N) is 1. The molecule has 0 aliphatic carbocycles. The molecule has 0 spiro atoms. The Bertz CT molecular complexity index is 632. The first-order chi connectivity index (χ1) is 9.19. The number of nitriles is 1. The van der Waals surface area contributed by atoms with E-state index in [1.807, 2.05) is 12.3 Å². The zero-order valence-corrected chi connectivity index (χ0v) is 11.1. The van der Waals surface area contributed by atoms with Crippen molar-refractivity contribution in [1.82, 2.24) is 4.98 Å². The van der Waals surface area contributed by atoms with Gasteiger partial charge in [0.2, 0.25) is 0 Å². The van der Waals surface area contributed by atoms with Crippen LogP contribution in [0.3, 0.4) is 0 Å². The number of hydrogen-bond donors (Lipinski definition) is 1. The maximum absolute atomic E-state index is 12.0. The van der Waals surface area contributed by atoms with E-state index in [2.05, 4.69) is 10.3 Å². The lowest BCUT2D eigenvalue weighted by Crippen LogP contribution is -2.12. The maximum Gasteiger partial charge on any atom is 0.255 e. The van der Waals surface area contributed by atoms with E-state index in [1.54, 1.807) is 42.6 Å². The molecule has 0 atom stereocenters. The minimum Gasteiger partial charge on any atom is -0.322 e. The molecule has 0 saturated heterocycles. The van der Waals surface area contributed by atoms with Gasteiger partial charge in [0.05, 0.1) is 0 Å². The number of aromatic nitrogens is 1. The van der Waals surface area contributed by atoms with E-state index in [0.29, 0.717) is 11.3 Å². The number of carbonyl (C=O) groups is 1. The molecule has 2 aromatic rings. The van der Waals surface area contributed by atoms with Crippen LogP contribution >= 0.6 is 11.8 Å². The van der Waals surface area contributed by atoms with E-state index in [4.69, 9.17) is 5.26 Å². The van der Waals surface area contributed by atoms with Gasteiger partial charge in [0.15, 0.2) is 0 Å². The Labute approximate surface area is 115 Å². The number of rotatable bonds is 3. The highest BCUT2D eigenvalue weighted by Crippen LogP contribution is 2.19. The fourth-order valence-electron chi connectivity index (χ4n) is 1.55. The van der Waals surface area contributed by atoms with Crippen LogP contribution in [0.1, 0.15) is 16.1 Å². The summed E-state index contributed by atoms with van der Waals surface area (Å²) in [4.78, 5) is 16.9. The minimum absolute atomic E-state index is 0.175. The van der Waals surface area contributed by atoms with Crippen LogP contribution in [0.5, 0.6) is 0 Å². The Morgan fingerprint density at radius 3 is 2.68 bits per heavy atom. The molecule has 0 bridgehead atoms. The van der Waals surface area contributed by atoms with E-state index in [1.165, 1.54) is 0 Å². The van der Waals surface area contributed by atoms with Gasteiger partial charge in [-0.25, -0.2) is 0 Å². The highest BCUT2D eigenvalue weighted by Gasteiger charge is 2.06. The van der Waals surface area contributed by atoms with Crippen LogP contribution in [0.25, 0.3) is 0 Å². The van der Waals surface area contributed by atoms with Gasteiger partial charge < -0.3 is 5.32 Å². The molecule has 1 aromatic heterocycles. The molecule has 0 unspecified atom stereocenters. The number of hydrogen-bond acceptors (Lipinski definition) is 4. The first-order valence-electron chi connectivity index (χ1n) is 5.59. The third kappa shape index (κ3) is 3.57. The monoisotopic (exact) mass is 269 g/mol. The van der Waals surface area contributed by atoms with Crippen molar-refractivity contribution in [3.63, 3.8) is 0 Å². The average molecular weight is 269 g/mol. The molecule has 1 aromatic carbocycles. The Hall–Kier alpha value is -2.32. The lowest BCUT2D eigenvalue weighted by Gasteiger charge is -2.06. The van der Waals surface area contributed by atoms with Crippen LogP contribution in [0.2, 0.25) is 0 Å². The molecule has 1 N–H and O–H groups in total. The second-order valence-electron chi connectivity index (χ2n) is 3.86. The van der Waals surface area contributed by atoms with Crippen LogP contribution < -0.4 is 5.32 Å². The number of anilines is 1. The minimum atomic E-state index is -0.175. The van der Waals surface area contributed by atoms with Crippen molar-refractivity contribution >= 4 is 23.4 Å². The van der Waals surface area contributed by atoms with Crippen LogP contribution in [-0.2, 0) is 0 Å². The number of aryl methyl sites for hydroxylation is 1. The van der Waals surface area contributed by atoms with Crippen LogP contribution in [0.15, 0.2) is 47.5 Å². The number of pyridine rings is 1. The molecule has 0 radical (unpaired) electrons. The molecule has 2 rings (SSSR count). The SMILES string of the molecule is Cc1cc(C(=O)Nc2ccc(SC#N)cc2)ccn1. The largest absolute Gasteiger partial charge is 0.322 e. The molecule has 1 heterocycles. The van der Waals surface area contributed by atoms with Crippen LogP contribution in [0, 0.1) is 17.6 Å². The van der Waals surface area contributed by atoms with Gasteiger partial charge in [0, 0.05) is 28.0 Å². The van der Waals surface area contributed by atoms with Crippen molar-refractivity contribution in [2.75, 3.05) is 5.32 Å². The zero-order valence-electron chi connectivity index (χ0n) is 10.3. The number of thioether (sulfide) groups is 1. The Morgan fingerprint density at radius 1 is 1.32 bits per heavy atom. The van der Waals surface area contributed by atoms with Gasteiger partial charge >= 0.3 is 0 Å². The normalized spacial score (nSPS) is 9.68. The number of carbonyl (C=O) groups excluding carboxylic acids is 1. The van der Waals surface area contributed by atoms with Crippen molar-refractivity contribution in [2.24, 2.45) is 0 Å². The predicted molar refractivity (Wildman–Crippen MR) is 74.8 cm³/mol. The third-order valence-electron chi connectivity index (χ3n) is 2.43. The topological polar surface area (TPSA) is 65.8 Å². The second kappa shape index (κ2) is 6.03. The summed E-state index contributed by atoms with van der Waals surface area (Å²) in [5.74, 6) is -0.175. The summed E-state index contributed by atoms with van der Waals surface area (Å²) in [6, 6.07) is 10.5. The molecule has 94 valence electrons. The van der Waals surface area contributed by atoms with Gasteiger partial charge in [-0.2, -0.15) is 5.26 Å². The molecular formula is C14H11N3OS. The van der Waals surface area contributed by atoms with Gasteiger partial charge in [-0.3, -0.25) is 9.78 Å². The van der Waals surface area contributed by atoms with Gasteiger partial charge in [0.1, 0.15) is 5.40 Å². The number of benzene rings is 1. The van der Waals surface area contributed by atoms with E-state index in [9.17, 15) is 4.79 Å². The maximum atomic E-state index is 12.0. The highest BCUT2D eigenvalue weighted by molar-refractivity contribution is 8.03. The Kier molecular flexibility index (Phi) is 4.16. The molecule has 0 aliphatic heterocycles. The Balaban J connectivity index is 2.09. The second-order valence-corrected chi connectivity index (χ2v) is 4.72. The van der Waals surface area contributed by atoms with Gasteiger partial charge in [-0.05, 0) is 55.1 Å². The van der Waals surface area contributed by atoms with E-state index in [-0.39, 0.29) is 5.91 Å². The molecule has 1 amide bonds. The molecule has 5 heteroatoms. The van der Waals surface area contributed by atoms with Gasteiger partial charge in [-0.15, -0.1) is 0 Å². The van der Waals surface area contributed by atoms with Crippen molar-refractivity contribution in [1.29, 1.82) is 5.26 Å². The molecule has 19 heavy (non-hydrogen) atoms. The fraction of sp³-hybridized carbons (Fsp3) is 0.0714. The fourth-order valence-corrected chi connectivity index (χ4v) is 1.93. The first kappa shape index (κ1) is 13.1. The summed E-state index contributed by atoms with van der Waals surface area (Å²) in [5.41, 5.74) is 2.07. The molecule has 0 fully saturated rings. The molecule has 4 nitrogen and oxygen atoms in total. The molecule has 0 saturated carbocycles. The van der Waals surface area contributed by atoms with E-state index >= 15 is 0 Å². The zero-order chi connectivity index (χ0) is 13.7. The average Bonchev–Trinajstić information content (AvgIpc) is 2.41. The van der Waals surface area contributed by atoms with E-state index < -0.39 is 0 Å². The van der Waals surface area contributed by atoms with Gasteiger partial charge in [-0.1, -0.05) is 0 Å². The first-order valence-corrected chi connectivity index (χ1v) is 6.41.